The average Bonchev–Trinajstić information content (AvgIpc) is 2.70. The lowest BCUT2D eigenvalue weighted by Gasteiger charge is -2.21. The molecule has 0 radical (unpaired) electrons. The van der Waals surface area contributed by atoms with Crippen LogP contribution in [0.2, 0.25) is 0 Å². The Morgan fingerprint density at radius 1 is 1.47 bits per heavy atom. The maximum atomic E-state index is 11.3. The van der Waals surface area contributed by atoms with Gasteiger partial charge in [-0.25, -0.2) is 4.79 Å². The average molecular weight is 239 g/mol. The Bertz CT molecular complexity index is 393. The van der Waals surface area contributed by atoms with Crippen LogP contribution >= 0.6 is 0 Å². The third-order valence-electron chi connectivity index (χ3n) is 3.23. The summed E-state index contributed by atoms with van der Waals surface area (Å²) in [6.45, 7) is 9.32. The van der Waals surface area contributed by atoms with Crippen LogP contribution in [0.25, 0.3) is 0 Å². The monoisotopic (exact) mass is 239 g/mol. The first-order chi connectivity index (χ1) is 7.94. The molecule has 2 N–H and O–H groups in total. The lowest BCUT2D eigenvalue weighted by atomic mass is 9.81. The van der Waals surface area contributed by atoms with Gasteiger partial charge >= 0.3 is 5.97 Å². The number of carboxylic acid groups (broad SMARTS) is 1. The van der Waals surface area contributed by atoms with Crippen LogP contribution in [0.15, 0.2) is 10.7 Å². The van der Waals surface area contributed by atoms with Gasteiger partial charge in [0.25, 0.3) is 0 Å². The second kappa shape index (κ2) is 5.36. The summed E-state index contributed by atoms with van der Waals surface area (Å²) in [7, 11) is 0. The van der Waals surface area contributed by atoms with E-state index < -0.39 is 5.97 Å². The fourth-order valence-corrected chi connectivity index (χ4v) is 1.69. The third kappa shape index (κ3) is 2.88. The maximum absolute atomic E-state index is 11.3. The van der Waals surface area contributed by atoms with E-state index in [1.54, 1.807) is 6.26 Å². The highest BCUT2D eigenvalue weighted by atomic mass is 16.4. The van der Waals surface area contributed by atoms with E-state index in [0.29, 0.717) is 17.9 Å². The van der Waals surface area contributed by atoms with E-state index in [9.17, 15) is 9.90 Å². The minimum absolute atomic E-state index is 0.179. The standard InChI is InChI=1S/C13H21NO3/c1-5-13(3,4)9-8-17-10(7-14-6-2)11(9)12(15)16/h8,14H,5-7H2,1-4H3,(H,15,16). The summed E-state index contributed by atoms with van der Waals surface area (Å²) in [5.41, 5.74) is 0.917. The number of aromatic carboxylic acids is 1. The van der Waals surface area contributed by atoms with Gasteiger partial charge in [0.15, 0.2) is 0 Å². The molecule has 0 aliphatic rings. The Morgan fingerprint density at radius 2 is 2.12 bits per heavy atom. The molecule has 0 saturated carbocycles. The smallest absolute Gasteiger partial charge is 0.339 e. The topological polar surface area (TPSA) is 62.5 Å². The van der Waals surface area contributed by atoms with Crippen LogP contribution in [0.4, 0.5) is 0 Å². The van der Waals surface area contributed by atoms with E-state index >= 15 is 0 Å². The van der Waals surface area contributed by atoms with Crippen molar-refractivity contribution in [3.05, 3.63) is 23.2 Å². The second-order valence-electron chi connectivity index (χ2n) is 4.77. The molecule has 0 spiro atoms. The summed E-state index contributed by atoms with van der Waals surface area (Å²) in [5, 5.41) is 12.4. The highest BCUT2D eigenvalue weighted by molar-refractivity contribution is 5.91. The van der Waals surface area contributed by atoms with Crippen LogP contribution in [0.5, 0.6) is 0 Å². The van der Waals surface area contributed by atoms with Crippen molar-refractivity contribution >= 4 is 5.97 Å². The Kier molecular flexibility index (Phi) is 4.34. The number of furan rings is 1. The number of hydrogen-bond acceptors (Lipinski definition) is 3. The van der Waals surface area contributed by atoms with Crippen LogP contribution < -0.4 is 5.32 Å². The lowest BCUT2D eigenvalue weighted by molar-refractivity contribution is 0.0691. The van der Waals surface area contributed by atoms with Crippen molar-refractivity contribution < 1.29 is 14.3 Å². The fraction of sp³-hybridized carbons (Fsp3) is 0.615. The van der Waals surface area contributed by atoms with Crippen molar-refractivity contribution in [3.63, 3.8) is 0 Å². The van der Waals surface area contributed by atoms with Gasteiger partial charge in [-0.05, 0) is 18.4 Å². The Hall–Kier alpha value is -1.29. The Balaban J connectivity index is 3.15. The van der Waals surface area contributed by atoms with E-state index in [2.05, 4.69) is 5.32 Å². The molecular weight excluding hydrogens is 218 g/mol. The van der Waals surface area contributed by atoms with Crippen LogP contribution in [0.3, 0.4) is 0 Å². The molecule has 4 heteroatoms. The van der Waals surface area contributed by atoms with Crippen LogP contribution in [0.1, 0.15) is 55.8 Å². The van der Waals surface area contributed by atoms with Crippen LogP contribution in [-0.2, 0) is 12.0 Å². The first kappa shape index (κ1) is 13.8. The van der Waals surface area contributed by atoms with Gasteiger partial charge in [-0.2, -0.15) is 0 Å². The zero-order valence-electron chi connectivity index (χ0n) is 11.0. The molecule has 4 nitrogen and oxygen atoms in total. The summed E-state index contributed by atoms with van der Waals surface area (Å²) in [6, 6.07) is 0. The molecule has 1 rings (SSSR count). The molecule has 1 aromatic heterocycles. The van der Waals surface area contributed by atoms with Crippen molar-refractivity contribution in [2.24, 2.45) is 0 Å². The van der Waals surface area contributed by atoms with E-state index in [0.717, 1.165) is 18.5 Å². The van der Waals surface area contributed by atoms with Gasteiger partial charge in [-0.3, -0.25) is 0 Å². The summed E-state index contributed by atoms with van der Waals surface area (Å²) in [6.07, 6.45) is 2.45. The Morgan fingerprint density at radius 3 is 2.59 bits per heavy atom. The molecule has 0 fully saturated rings. The van der Waals surface area contributed by atoms with Gasteiger partial charge in [0, 0.05) is 5.56 Å². The first-order valence-electron chi connectivity index (χ1n) is 5.98. The second-order valence-corrected chi connectivity index (χ2v) is 4.77. The van der Waals surface area contributed by atoms with Crippen molar-refractivity contribution in [1.82, 2.24) is 5.32 Å². The maximum Gasteiger partial charge on any atom is 0.339 e. The Labute approximate surface area is 102 Å². The zero-order chi connectivity index (χ0) is 13.1. The molecule has 0 unspecified atom stereocenters. The number of nitrogens with one attached hydrogen (secondary N) is 1. The molecule has 0 bridgehead atoms. The summed E-state index contributed by atoms with van der Waals surface area (Å²) < 4.78 is 5.40. The molecule has 0 aliphatic carbocycles. The van der Waals surface area contributed by atoms with Gasteiger partial charge < -0.3 is 14.8 Å². The molecule has 1 aromatic rings. The number of rotatable bonds is 6. The van der Waals surface area contributed by atoms with Crippen molar-refractivity contribution in [1.29, 1.82) is 0 Å². The quantitative estimate of drug-likeness (QED) is 0.801. The summed E-state index contributed by atoms with van der Waals surface area (Å²) >= 11 is 0. The SMILES string of the molecule is CCNCc1occ(C(C)(C)CC)c1C(=O)O. The van der Waals surface area contributed by atoms with Crippen molar-refractivity contribution in [2.75, 3.05) is 6.54 Å². The normalized spacial score (nSPS) is 11.8. The highest BCUT2D eigenvalue weighted by Crippen LogP contribution is 2.32. The van der Waals surface area contributed by atoms with Gasteiger partial charge in [0.05, 0.1) is 12.8 Å². The van der Waals surface area contributed by atoms with Gasteiger partial charge in [-0.15, -0.1) is 0 Å². The van der Waals surface area contributed by atoms with E-state index in [1.807, 2.05) is 27.7 Å². The molecule has 0 saturated heterocycles. The van der Waals surface area contributed by atoms with E-state index in [-0.39, 0.29) is 5.41 Å². The molecule has 1 heterocycles. The van der Waals surface area contributed by atoms with Gasteiger partial charge in [0.1, 0.15) is 11.3 Å². The predicted molar refractivity (Wildman–Crippen MR) is 66.4 cm³/mol. The van der Waals surface area contributed by atoms with Gasteiger partial charge in [-0.1, -0.05) is 27.7 Å². The van der Waals surface area contributed by atoms with E-state index in [4.69, 9.17) is 4.42 Å². The molecule has 0 amide bonds. The van der Waals surface area contributed by atoms with Gasteiger partial charge in [0.2, 0.25) is 0 Å². The fourth-order valence-electron chi connectivity index (χ4n) is 1.69. The van der Waals surface area contributed by atoms with Crippen molar-refractivity contribution in [2.45, 2.75) is 46.1 Å². The molecule has 0 atom stereocenters. The van der Waals surface area contributed by atoms with Crippen molar-refractivity contribution in [3.8, 4) is 0 Å². The third-order valence-corrected chi connectivity index (χ3v) is 3.23. The molecular formula is C13H21NO3. The minimum Gasteiger partial charge on any atom is -0.478 e. The van der Waals surface area contributed by atoms with E-state index in [1.165, 1.54) is 0 Å². The molecule has 17 heavy (non-hydrogen) atoms. The highest BCUT2D eigenvalue weighted by Gasteiger charge is 2.29. The summed E-state index contributed by atoms with van der Waals surface area (Å²) in [4.78, 5) is 11.3. The number of hydrogen-bond donors (Lipinski definition) is 2. The molecule has 0 aliphatic heterocycles. The first-order valence-corrected chi connectivity index (χ1v) is 5.98. The number of carboxylic acids is 1. The van der Waals surface area contributed by atoms with Crippen LogP contribution in [-0.4, -0.2) is 17.6 Å². The van der Waals surface area contributed by atoms with Crippen LogP contribution in [0, 0.1) is 0 Å². The lowest BCUT2D eigenvalue weighted by Crippen LogP contribution is -2.20. The number of carbonyl (C=O) groups is 1. The molecule has 96 valence electrons. The largest absolute Gasteiger partial charge is 0.478 e. The predicted octanol–water partition coefficient (Wildman–Crippen LogP) is 2.77. The minimum atomic E-state index is -0.914. The summed E-state index contributed by atoms with van der Waals surface area (Å²) in [5.74, 6) is -0.404. The zero-order valence-corrected chi connectivity index (χ0v) is 11.0. The molecule has 0 aromatic carbocycles.